The number of unbranched alkanes of at least 4 members (excludes halogenated alkanes) is 3. The van der Waals surface area contributed by atoms with Crippen LogP contribution in [0.1, 0.15) is 43.0 Å². The number of anilines is 1. The molecule has 7 heteroatoms. The molecule has 31 heavy (non-hydrogen) atoms. The number of amides is 1. The summed E-state index contributed by atoms with van der Waals surface area (Å²) in [7, 11) is 1.56. The van der Waals surface area contributed by atoms with Crippen LogP contribution in [0.3, 0.4) is 0 Å². The number of carbonyl (C=O) groups excluding carboxylic acids is 1. The maximum atomic E-state index is 12.7. The zero-order valence-electron chi connectivity index (χ0n) is 17.8. The number of nitrogens with one attached hydrogen (secondary N) is 1. The molecular weight excluding hydrogens is 394 g/mol. The van der Waals surface area contributed by atoms with E-state index >= 15 is 0 Å². The van der Waals surface area contributed by atoms with Crippen LogP contribution in [0.4, 0.5) is 5.69 Å². The van der Waals surface area contributed by atoms with E-state index in [1.165, 1.54) is 19.0 Å². The second-order valence-corrected chi connectivity index (χ2v) is 6.90. The molecule has 0 radical (unpaired) electrons. The molecule has 0 aliphatic rings. The highest BCUT2D eigenvalue weighted by atomic mass is 16.5. The van der Waals surface area contributed by atoms with E-state index in [1.54, 1.807) is 62.0 Å². The second kappa shape index (κ2) is 11.5. The van der Waals surface area contributed by atoms with E-state index < -0.39 is 0 Å². The van der Waals surface area contributed by atoms with Gasteiger partial charge >= 0.3 is 0 Å². The number of nitrogens with zero attached hydrogens (tertiary/aromatic N) is 2. The predicted molar refractivity (Wildman–Crippen MR) is 119 cm³/mol. The van der Waals surface area contributed by atoms with Gasteiger partial charge in [-0.25, -0.2) is 4.98 Å². The Morgan fingerprint density at radius 2 is 1.94 bits per heavy atom. The van der Waals surface area contributed by atoms with Gasteiger partial charge in [0.05, 0.1) is 19.9 Å². The molecule has 1 amide bonds. The summed E-state index contributed by atoms with van der Waals surface area (Å²) in [6.07, 6.45) is 9.15. The third kappa shape index (κ3) is 6.70. The molecule has 162 valence electrons. The Labute approximate surface area is 182 Å². The van der Waals surface area contributed by atoms with Gasteiger partial charge in [-0.05, 0) is 36.8 Å². The van der Waals surface area contributed by atoms with Crippen molar-refractivity contribution in [3.05, 3.63) is 66.6 Å². The quantitative estimate of drug-likeness (QED) is 0.412. The van der Waals surface area contributed by atoms with Gasteiger partial charge in [-0.15, -0.1) is 0 Å². The maximum absolute atomic E-state index is 12.7. The molecule has 0 fully saturated rings. The van der Waals surface area contributed by atoms with E-state index in [9.17, 15) is 4.79 Å². The normalized spacial score (nSPS) is 10.4. The highest BCUT2D eigenvalue weighted by Crippen LogP contribution is 2.29. The highest BCUT2D eigenvalue weighted by Gasteiger charge is 2.12. The van der Waals surface area contributed by atoms with Gasteiger partial charge in [0, 0.05) is 29.7 Å². The van der Waals surface area contributed by atoms with Crippen LogP contribution in [0, 0.1) is 0 Å². The molecule has 1 N–H and O–H groups in total. The summed E-state index contributed by atoms with van der Waals surface area (Å²) < 4.78 is 16.9. The fourth-order valence-electron chi connectivity index (χ4n) is 2.94. The highest BCUT2D eigenvalue weighted by molar-refractivity contribution is 6.04. The number of hydrogen-bond acceptors (Lipinski definition) is 6. The maximum Gasteiger partial charge on any atom is 0.255 e. The third-order valence-corrected chi connectivity index (χ3v) is 4.54. The summed E-state index contributed by atoms with van der Waals surface area (Å²) in [5.41, 5.74) is 1.07. The summed E-state index contributed by atoms with van der Waals surface area (Å²) in [5.74, 6) is 1.82. The van der Waals surface area contributed by atoms with Crippen LogP contribution in [0.2, 0.25) is 0 Å². The van der Waals surface area contributed by atoms with Crippen molar-refractivity contribution >= 4 is 11.6 Å². The molecule has 0 saturated heterocycles. The van der Waals surface area contributed by atoms with Gasteiger partial charge in [0.2, 0.25) is 5.88 Å². The molecule has 0 saturated carbocycles. The lowest BCUT2D eigenvalue weighted by Gasteiger charge is -2.13. The van der Waals surface area contributed by atoms with E-state index in [0.29, 0.717) is 41.0 Å². The van der Waals surface area contributed by atoms with Gasteiger partial charge in [-0.2, -0.15) is 0 Å². The monoisotopic (exact) mass is 421 g/mol. The van der Waals surface area contributed by atoms with E-state index in [4.69, 9.17) is 14.2 Å². The van der Waals surface area contributed by atoms with Crippen molar-refractivity contribution < 1.29 is 19.0 Å². The minimum absolute atomic E-state index is 0.260. The van der Waals surface area contributed by atoms with E-state index in [1.807, 2.05) is 0 Å². The van der Waals surface area contributed by atoms with Gasteiger partial charge in [-0.3, -0.25) is 9.78 Å². The second-order valence-electron chi connectivity index (χ2n) is 6.90. The molecule has 0 unspecified atom stereocenters. The molecule has 1 aromatic heterocycles. The first-order valence-electron chi connectivity index (χ1n) is 10.4. The standard InChI is InChI=1S/C24H27N3O4/c1-3-4-5-6-14-30-21-11-10-18(15-22(21)29-2)24(28)27-19-8-7-9-20(16-19)31-23-17-25-12-13-26-23/h7-13,15-17H,3-6,14H2,1-2H3,(H,27,28). The molecule has 0 aliphatic heterocycles. The van der Waals surface area contributed by atoms with Crippen LogP contribution < -0.4 is 19.5 Å². The third-order valence-electron chi connectivity index (χ3n) is 4.54. The minimum atomic E-state index is -0.260. The Kier molecular flexibility index (Phi) is 8.22. The van der Waals surface area contributed by atoms with E-state index in [0.717, 1.165) is 12.8 Å². The number of aromatic nitrogens is 2. The number of methoxy groups -OCH3 is 1. The minimum Gasteiger partial charge on any atom is -0.493 e. The van der Waals surface area contributed by atoms with E-state index in [-0.39, 0.29) is 5.91 Å². The summed E-state index contributed by atoms with van der Waals surface area (Å²) in [6, 6.07) is 12.2. The number of rotatable bonds is 11. The zero-order chi connectivity index (χ0) is 21.9. The summed E-state index contributed by atoms with van der Waals surface area (Å²) >= 11 is 0. The molecule has 0 atom stereocenters. The van der Waals surface area contributed by atoms with Crippen molar-refractivity contribution in [2.75, 3.05) is 19.0 Å². The van der Waals surface area contributed by atoms with Gasteiger partial charge in [0.15, 0.2) is 11.5 Å². The molecule has 2 aromatic carbocycles. The fourth-order valence-corrected chi connectivity index (χ4v) is 2.94. The van der Waals surface area contributed by atoms with Crippen LogP contribution >= 0.6 is 0 Å². The SMILES string of the molecule is CCCCCCOc1ccc(C(=O)Nc2cccc(Oc3cnccn3)c2)cc1OC. The van der Waals surface area contributed by atoms with Crippen LogP contribution in [0.5, 0.6) is 23.1 Å². The Balaban J connectivity index is 1.63. The molecule has 3 rings (SSSR count). The Morgan fingerprint density at radius 1 is 1.03 bits per heavy atom. The summed E-state index contributed by atoms with van der Waals surface area (Å²) in [4.78, 5) is 20.8. The van der Waals surface area contributed by atoms with Crippen LogP contribution in [0.15, 0.2) is 61.1 Å². The van der Waals surface area contributed by atoms with Crippen molar-refractivity contribution in [1.82, 2.24) is 9.97 Å². The first kappa shape index (κ1) is 22.1. The van der Waals surface area contributed by atoms with Crippen molar-refractivity contribution in [3.63, 3.8) is 0 Å². The smallest absolute Gasteiger partial charge is 0.255 e. The molecule has 0 bridgehead atoms. The van der Waals surface area contributed by atoms with Crippen LogP contribution in [-0.4, -0.2) is 29.6 Å². The van der Waals surface area contributed by atoms with Crippen LogP contribution in [-0.2, 0) is 0 Å². The number of benzene rings is 2. The van der Waals surface area contributed by atoms with Gasteiger partial charge in [0.25, 0.3) is 5.91 Å². The molecule has 1 heterocycles. The lowest BCUT2D eigenvalue weighted by atomic mass is 10.1. The number of ether oxygens (including phenoxy) is 3. The predicted octanol–water partition coefficient (Wildman–Crippen LogP) is 5.49. The zero-order valence-corrected chi connectivity index (χ0v) is 17.8. The lowest BCUT2D eigenvalue weighted by Crippen LogP contribution is -2.12. The Hall–Kier alpha value is -3.61. The van der Waals surface area contributed by atoms with Gasteiger partial charge < -0.3 is 19.5 Å². The molecule has 0 spiro atoms. The summed E-state index contributed by atoms with van der Waals surface area (Å²) in [5, 5.41) is 2.87. The van der Waals surface area contributed by atoms with Crippen molar-refractivity contribution in [1.29, 1.82) is 0 Å². The number of carbonyl (C=O) groups is 1. The van der Waals surface area contributed by atoms with E-state index in [2.05, 4.69) is 22.2 Å². The largest absolute Gasteiger partial charge is 0.493 e. The Bertz CT molecular complexity index is 980. The Morgan fingerprint density at radius 3 is 2.71 bits per heavy atom. The van der Waals surface area contributed by atoms with Crippen molar-refractivity contribution in [2.45, 2.75) is 32.6 Å². The topological polar surface area (TPSA) is 82.6 Å². The molecule has 0 aliphatic carbocycles. The molecular formula is C24H27N3O4. The van der Waals surface area contributed by atoms with Crippen LogP contribution in [0.25, 0.3) is 0 Å². The summed E-state index contributed by atoms with van der Waals surface area (Å²) in [6.45, 7) is 2.80. The van der Waals surface area contributed by atoms with Gasteiger partial charge in [0.1, 0.15) is 5.75 Å². The van der Waals surface area contributed by atoms with Crippen molar-refractivity contribution in [2.24, 2.45) is 0 Å². The average molecular weight is 421 g/mol. The lowest BCUT2D eigenvalue weighted by molar-refractivity contribution is 0.102. The molecule has 7 nitrogen and oxygen atoms in total. The fraction of sp³-hybridized carbons (Fsp3) is 0.292. The molecule has 3 aromatic rings. The number of hydrogen-bond donors (Lipinski definition) is 1. The van der Waals surface area contributed by atoms with Crippen molar-refractivity contribution in [3.8, 4) is 23.1 Å². The average Bonchev–Trinajstić information content (AvgIpc) is 2.80. The van der Waals surface area contributed by atoms with Gasteiger partial charge in [-0.1, -0.05) is 32.3 Å². The first-order chi connectivity index (χ1) is 15.2. The first-order valence-corrected chi connectivity index (χ1v) is 10.4.